The summed E-state index contributed by atoms with van der Waals surface area (Å²) < 4.78 is 5.41. The van der Waals surface area contributed by atoms with Crippen LogP contribution >= 0.6 is 11.3 Å². The normalized spacial score (nSPS) is 22.9. The number of thiophene rings is 1. The number of rotatable bonds is 3. The molecule has 0 unspecified atom stereocenters. The Morgan fingerprint density at radius 3 is 2.83 bits per heavy atom. The van der Waals surface area contributed by atoms with Crippen molar-refractivity contribution in [3.8, 4) is 10.8 Å². The smallest absolute Gasteiger partial charge is 0.268 e. The average molecular weight is 331 g/mol. The molecule has 1 aliphatic carbocycles. The third kappa shape index (κ3) is 2.92. The Bertz CT molecular complexity index is 702. The molecule has 1 atom stereocenters. The second-order valence-electron chi connectivity index (χ2n) is 6.61. The summed E-state index contributed by atoms with van der Waals surface area (Å²) >= 11 is 1.65. The third-order valence-electron chi connectivity index (χ3n) is 4.93. The van der Waals surface area contributed by atoms with Crippen molar-refractivity contribution in [1.29, 1.82) is 0 Å². The van der Waals surface area contributed by atoms with Gasteiger partial charge >= 0.3 is 0 Å². The lowest BCUT2D eigenvalue weighted by Gasteiger charge is -2.31. The van der Waals surface area contributed by atoms with Gasteiger partial charge in [0.2, 0.25) is 5.91 Å². The predicted molar refractivity (Wildman–Crippen MR) is 88.3 cm³/mol. The Kier molecular flexibility index (Phi) is 3.93. The maximum atomic E-state index is 12.4. The van der Waals surface area contributed by atoms with E-state index in [4.69, 9.17) is 4.52 Å². The molecule has 2 aliphatic rings. The van der Waals surface area contributed by atoms with Gasteiger partial charge in [0.15, 0.2) is 5.82 Å². The van der Waals surface area contributed by atoms with Gasteiger partial charge in [-0.1, -0.05) is 24.4 Å². The Morgan fingerprint density at radius 1 is 1.26 bits per heavy atom. The minimum absolute atomic E-state index is 0.0722. The minimum atomic E-state index is 0.0722. The standard InChI is InChI=1S/C17H21N3O2S/c1-11-7-8-14(23-11)17-18-16(19-22-17)12-9-15(21)20(10-12)13-5-3-2-4-6-13/h7-8,12-13H,2-6,9-10H2,1H3/t12-/m0/s1. The molecule has 5 nitrogen and oxygen atoms in total. The molecule has 0 radical (unpaired) electrons. The van der Waals surface area contributed by atoms with E-state index in [0.29, 0.717) is 24.2 Å². The number of carbonyl (C=O) groups is 1. The van der Waals surface area contributed by atoms with Crippen LogP contribution in [0.4, 0.5) is 0 Å². The number of aromatic nitrogens is 2. The van der Waals surface area contributed by atoms with Gasteiger partial charge in [-0.25, -0.2) is 0 Å². The van der Waals surface area contributed by atoms with Crippen LogP contribution in [0, 0.1) is 6.92 Å². The molecule has 0 aromatic carbocycles. The quantitative estimate of drug-likeness (QED) is 0.859. The van der Waals surface area contributed by atoms with Crippen LogP contribution in [-0.4, -0.2) is 33.5 Å². The number of carbonyl (C=O) groups excluding carboxylic acids is 1. The summed E-state index contributed by atoms with van der Waals surface area (Å²) in [5.41, 5.74) is 0. The zero-order valence-corrected chi connectivity index (χ0v) is 14.1. The van der Waals surface area contributed by atoms with Crippen molar-refractivity contribution in [2.24, 2.45) is 0 Å². The molecule has 1 aliphatic heterocycles. The summed E-state index contributed by atoms with van der Waals surface area (Å²) in [6, 6.07) is 4.48. The minimum Gasteiger partial charge on any atom is -0.339 e. The summed E-state index contributed by atoms with van der Waals surface area (Å²) in [6.45, 7) is 2.80. The fourth-order valence-electron chi connectivity index (χ4n) is 3.70. The zero-order chi connectivity index (χ0) is 15.8. The topological polar surface area (TPSA) is 59.2 Å². The van der Waals surface area contributed by atoms with Gasteiger partial charge in [0.05, 0.1) is 4.88 Å². The van der Waals surface area contributed by atoms with Gasteiger partial charge in [0.25, 0.3) is 5.89 Å². The van der Waals surface area contributed by atoms with Gasteiger partial charge in [-0.2, -0.15) is 4.98 Å². The maximum Gasteiger partial charge on any atom is 0.268 e. The first-order chi connectivity index (χ1) is 11.2. The highest BCUT2D eigenvalue weighted by molar-refractivity contribution is 7.15. The van der Waals surface area contributed by atoms with Gasteiger partial charge in [0.1, 0.15) is 0 Å². The van der Waals surface area contributed by atoms with Crippen molar-refractivity contribution >= 4 is 17.2 Å². The summed E-state index contributed by atoms with van der Waals surface area (Å²) in [7, 11) is 0. The molecule has 2 aromatic heterocycles. The lowest BCUT2D eigenvalue weighted by Crippen LogP contribution is -2.37. The van der Waals surface area contributed by atoms with Gasteiger partial charge in [0, 0.05) is 29.8 Å². The van der Waals surface area contributed by atoms with Crippen molar-refractivity contribution in [2.75, 3.05) is 6.54 Å². The number of hydrogen-bond acceptors (Lipinski definition) is 5. The predicted octanol–water partition coefficient (Wildman–Crippen LogP) is 3.76. The van der Waals surface area contributed by atoms with Gasteiger partial charge in [-0.15, -0.1) is 11.3 Å². The van der Waals surface area contributed by atoms with E-state index in [1.54, 1.807) is 11.3 Å². The lowest BCUT2D eigenvalue weighted by atomic mass is 9.94. The molecule has 2 fully saturated rings. The summed E-state index contributed by atoms with van der Waals surface area (Å²) in [4.78, 5) is 21.2. The van der Waals surface area contributed by atoms with Crippen LogP contribution in [-0.2, 0) is 4.79 Å². The highest BCUT2D eigenvalue weighted by atomic mass is 32.1. The van der Waals surface area contributed by atoms with Crippen molar-refractivity contribution in [3.05, 3.63) is 22.8 Å². The summed E-state index contributed by atoms with van der Waals surface area (Å²) in [5.74, 6) is 1.57. The molecular formula is C17H21N3O2S. The number of likely N-dealkylation sites (tertiary alicyclic amines) is 1. The van der Waals surface area contributed by atoms with E-state index in [-0.39, 0.29) is 11.8 Å². The number of hydrogen-bond donors (Lipinski definition) is 0. The zero-order valence-electron chi connectivity index (χ0n) is 13.3. The third-order valence-corrected chi connectivity index (χ3v) is 5.92. The van der Waals surface area contributed by atoms with Crippen molar-refractivity contribution in [1.82, 2.24) is 15.0 Å². The van der Waals surface area contributed by atoms with Gasteiger partial charge in [-0.3, -0.25) is 4.79 Å². The monoisotopic (exact) mass is 331 g/mol. The van der Waals surface area contributed by atoms with Crippen molar-refractivity contribution in [2.45, 2.75) is 57.4 Å². The Morgan fingerprint density at radius 2 is 2.09 bits per heavy atom. The van der Waals surface area contributed by atoms with Gasteiger partial charge in [-0.05, 0) is 31.9 Å². The highest BCUT2D eigenvalue weighted by Gasteiger charge is 2.37. The molecule has 6 heteroatoms. The van der Waals surface area contributed by atoms with Crippen LogP contribution in [0.1, 0.15) is 55.1 Å². The van der Waals surface area contributed by atoms with E-state index < -0.39 is 0 Å². The van der Waals surface area contributed by atoms with Crippen molar-refractivity contribution < 1.29 is 9.32 Å². The summed E-state index contributed by atoms with van der Waals surface area (Å²) in [6.07, 6.45) is 6.58. The maximum absolute atomic E-state index is 12.4. The SMILES string of the molecule is Cc1ccc(-c2nc([C@H]3CC(=O)N(C4CCCCC4)C3)no2)s1. The van der Waals surface area contributed by atoms with E-state index in [1.807, 2.05) is 12.1 Å². The van der Waals surface area contributed by atoms with E-state index in [0.717, 1.165) is 24.3 Å². The van der Waals surface area contributed by atoms with Crippen molar-refractivity contribution in [3.63, 3.8) is 0 Å². The van der Waals surface area contributed by atoms with Crippen LogP contribution < -0.4 is 0 Å². The fraction of sp³-hybridized carbons (Fsp3) is 0.588. The van der Waals surface area contributed by atoms with Gasteiger partial charge < -0.3 is 9.42 Å². The molecule has 1 saturated carbocycles. The molecule has 122 valence electrons. The molecular weight excluding hydrogens is 310 g/mol. The molecule has 4 rings (SSSR count). The molecule has 23 heavy (non-hydrogen) atoms. The number of aryl methyl sites for hydroxylation is 1. The Hall–Kier alpha value is -1.69. The fourth-order valence-corrected chi connectivity index (χ4v) is 4.49. The lowest BCUT2D eigenvalue weighted by molar-refractivity contribution is -0.130. The van der Waals surface area contributed by atoms with Crippen LogP contribution in [0.2, 0.25) is 0 Å². The summed E-state index contributed by atoms with van der Waals surface area (Å²) in [5, 5.41) is 4.14. The Labute approximate surface area is 139 Å². The number of amides is 1. The first kappa shape index (κ1) is 14.9. The van der Waals surface area contributed by atoms with Crippen LogP contribution in [0.15, 0.2) is 16.7 Å². The second-order valence-corrected chi connectivity index (χ2v) is 7.89. The first-order valence-electron chi connectivity index (χ1n) is 8.40. The molecule has 0 bridgehead atoms. The molecule has 0 N–H and O–H groups in total. The van der Waals surface area contributed by atoms with E-state index in [1.165, 1.54) is 24.1 Å². The van der Waals surface area contributed by atoms with E-state index >= 15 is 0 Å². The largest absolute Gasteiger partial charge is 0.339 e. The average Bonchev–Trinajstić information content (AvgIpc) is 3.27. The number of nitrogens with zero attached hydrogens (tertiary/aromatic N) is 3. The Balaban J connectivity index is 1.49. The van der Waals surface area contributed by atoms with E-state index in [2.05, 4.69) is 22.0 Å². The first-order valence-corrected chi connectivity index (χ1v) is 9.22. The van der Waals surface area contributed by atoms with E-state index in [9.17, 15) is 4.79 Å². The molecule has 3 heterocycles. The molecule has 0 spiro atoms. The molecule has 2 aromatic rings. The van der Waals surface area contributed by atoms with Crippen LogP contribution in [0.25, 0.3) is 10.8 Å². The molecule has 1 saturated heterocycles. The highest BCUT2D eigenvalue weighted by Crippen LogP contribution is 2.34. The second kappa shape index (κ2) is 6.07. The van der Waals surface area contributed by atoms with Crippen LogP contribution in [0.5, 0.6) is 0 Å². The molecule has 1 amide bonds. The van der Waals surface area contributed by atoms with Crippen LogP contribution in [0.3, 0.4) is 0 Å².